The standard InChI is InChI=1S/C20H26N4O2/c1-16(19-6-3-4-11-21-19)22-20(25)24-13-5-12-23(14-15-24)17-7-9-18(26-2)10-8-17/h3-4,6-11,16H,5,12-15H2,1-2H3,(H,22,25). The van der Waals surface area contributed by atoms with Gasteiger partial charge >= 0.3 is 6.03 Å². The van der Waals surface area contributed by atoms with Gasteiger partial charge < -0.3 is 19.9 Å². The van der Waals surface area contributed by atoms with Crippen LogP contribution in [0.15, 0.2) is 48.7 Å². The maximum Gasteiger partial charge on any atom is 0.317 e. The van der Waals surface area contributed by atoms with E-state index in [0.29, 0.717) is 6.54 Å². The molecule has 2 heterocycles. The quantitative estimate of drug-likeness (QED) is 0.917. The molecule has 1 N–H and O–H groups in total. The molecule has 26 heavy (non-hydrogen) atoms. The van der Waals surface area contributed by atoms with Crippen molar-refractivity contribution in [1.82, 2.24) is 15.2 Å². The molecular weight excluding hydrogens is 328 g/mol. The summed E-state index contributed by atoms with van der Waals surface area (Å²) in [6.07, 6.45) is 2.69. The van der Waals surface area contributed by atoms with Crippen molar-refractivity contribution in [3.05, 3.63) is 54.4 Å². The molecule has 2 aromatic rings. The van der Waals surface area contributed by atoms with Crippen LogP contribution >= 0.6 is 0 Å². The minimum absolute atomic E-state index is 0.0280. The van der Waals surface area contributed by atoms with Gasteiger partial charge in [-0.1, -0.05) is 6.07 Å². The molecule has 0 saturated carbocycles. The van der Waals surface area contributed by atoms with Crippen LogP contribution in [0.3, 0.4) is 0 Å². The number of nitrogens with one attached hydrogen (secondary N) is 1. The predicted molar refractivity (Wildman–Crippen MR) is 103 cm³/mol. The number of aromatic nitrogens is 1. The highest BCUT2D eigenvalue weighted by Gasteiger charge is 2.21. The summed E-state index contributed by atoms with van der Waals surface area (Å²) >= 11 is 0. The third kappa shape index (κ3) is 4.45. The number of urea groups is 1. The number of rotatable bonds is 4. The molecule has 138 valence electrons. The number of nitrogens with zero attached hydrogens (tertiary/aromatic N) is 3. The van der Waals surface area contributed by atoms with Crippen LogP contribution in [-0.2, 0) is 0 Å². The third-order valence-corrected chi connectivity index (χ3v) is 4.69. The first-order valence-electron chi connectivity index (χ1n) is 9.03. The molecular formula is C20H26N4O2. The van der Waals surface area contributed by atoms with Crippen molar-refractivity contribution in [2.75, 3.05) is 38.2 Å². The first kappa shape index (κ1) is 18.0. The predicted octanol–water partition coefficient (Wildman–Crippen LogP) is 3.07. The summed E-state index contributed by atoms with van der Waals surface area (Å²) in [5, 5.41) is 3.05. The second-order valence-electron chi connectivity index (χ2n) is 6.45. The molecule has 2 amide bonds. The van der Waals surface area contributed by atoms with Gasteiger partial charge in [-0.15, -0.1) is 0 Å². The first-order valence-corrected chi connectivity index (χ1v) is 9.03. The van der Waals surface area contributed by atoms with E-state index in [2.05, 4.69) is 27.3 Å². The Morgan fingerprint density at radius 3 is 2.62 bits per heavy atom. The monoisotopic (exact) mass is 354 g/mol. The summed E-state index contributed by atoms with van der Waals surface area (Å²) < 4.78 is 5.22. The Bertz CT molecular complexity index is 706. The van der Waals surface area contributed by atoms with E-state index in [0.717, 1.165) is 43.2 Å². The summed E-state index contributed by atoms with van der Waals surface area (Å²) in [6.45, 7) is 5.17. The lowest BCUT2D eigenvalue weighted by molar-refractivity contribution is 0.198. The summed E-state index contributed by atoms with van der Waals surface area (Å²) in [7, 11) is 1.67. The minimum Gasteiger partial charge on any atom is -0.497 e. The molecule has 0 bridgehead atoms. The molecule has 1 atom stereocenters. The van der Waals surface area contributed by atoms with Gasteiger partial charge in [0, 0.05) is 38.1 Å². The lowest BCUT2D eigenvalue weighted by Crippen LogP contribution is -2.43. The topological polar surface area (TPSA) is 57.7 Å². The summed E-state index contributed by atoms with van der Waals surface area (Å²) in [4.78, 5) is 21.1. The van der Waals surface area contributed by atoms with Gasteiger partial charge in [-0.25, -0.2) is 4.79 Å². The zero-order chi connectivity index (χ0) is 18.4. The number of anilines is 1. The molecule has 1 saturated heterocycles. The number of methoxy groups -OCH3 is 1. The molecule has 1 aliphatic heterocycles. The van der Waals surface area contributed by atoms with Crippen LogP contribution in [-0.4, -0.2) is 49.2 Å². The van der Waals surface area contributed by atoms with E-state index in [-0.39, 0.29) is 12.1 Å². The van der Waals surface area contributed by atoms with Gasteiger partial charge in [0.15, 0.2) is 0 Å². The zero-order valence-electron chi connectivity index (χ0n) is 15.4. The average molecular weight is 354 g/mol. The fourth-order valence-electron chi connectivity index (χ4n) is 3.15. The number of amides is 2. The van der Waals surface area contributed by atoms with E-state index in [1.54, 1.807) is 13.3 Å². The van der Waals surface area contributed by atoms with Gasteiger partial charge in [-0.05, 0) is 49.7 Å². The number of pyridine rings is 1. The van der Waals surface area contributed by atoms with Gasteiger partial charge in [-0.2, -0.15) is 0 Å². The molecule has 0 aliphatic carbocycles. The Balaban J connectivity index is 1.56. The maximum absolute atomic E-state index is 12.6. The normalized spacial score (nSPS) is 15.9. The Hall–Kier alpha value is -2.76. The molecule has 0 spiro atoms. The van der Waals surface area contributed by atoms with Crippen LogP contribution in [0.1, 0.15) is 25.1 Å². The summed E-state index contributed by atoms with van der Waals surface area (Å²) in [6, 6.07) is 13.7. The van der Waals surface area contributed by atoms with Crippen molar-refractivity contribution in [2.24, 2.45) is 0 Å². The highest BCUT2D eigenvalue weighted by molar-refractivity contribution is 5.74. The lowest BCUT2D eigenvalue weighted by Gasteiger charge is -2.25. The number of hydrogen-bond donors (Lipinski definition) is 1. The van der Waals surface area contributed by atoms with Gasteiger partial charge in [-0.3, -0.25) is 4.98 Å². The van der Waals surface area contributed by atoms with Gasteiger partial charge in [0.25, 0.3) is 0 Å². The second kappa shape index (κ2) is 8.56. The Morgan fingerprint density at radius 1 is 1.12 bits per heavy atom. The van der Waals surface area contributed by atoms with Crippen molar-refractivity contribution in [3.63, 3.8) is 0 Å². The molecule has 1 aliphatic rings. The summed E-state index contributed by atoms with van der Waals surface area (Å²) in [5.74, 6) is 0.855. The lowest BCUT2D eigenvalue weighted by atomic mass is 10.2. The van der Waals surface area contributed by atoms with E-state index >= 15 is 0 Å². The van der Waals surface area contributed by atoms with Crippen LogP contribution < -0.4 is 15.0 Å². The van der Waals surface area contributed by atoms with Crippen molar-refractivity contribution in [3.8, 4) is 5.75 Å². The van der Waals surface area contributed by atoms with Crippen molar-refractivity contribution < 1.29 is 9.53 Å². The van der Waals surface area contributed by atoms with Gasteiger partial charge in [0.2, 0.25) is 0 Å². The highest BCUT2D eigenvalue weighted by atomic mass is 16.5. The molecule has 1 unspecified atom stereocenters. The van der Waals surface area contributed by atoms with Crippen LogP contribution in [0.5, 0.6) is 5.75 Å². The smallest absolute Gasteiger partial charge is 0.317 e. The van der Waals surface area contributed by atoms with Crippen LogP contribution in [0, 0.1) is 0 Å². The molecule has 1 fully saturated rings. The average Bonchev–Trinajstić information content (AvgIpc) is 2.95. The van der Waals surface area contributed by atoms with Crippen LogP contribution in [0.25, 0.3) is 0 Å². The van der Waals surface area contributed by atoms with E-state index in [1.807, 2.05) is 42.2 Å². The zero-order valence-corrected chi connectivity index (χ0v) is 15.4. The molecule has 1 aromatic heterocycles. The van der Waals surface area contributed by atoms with Gasteiger partial charge in [0.1, 0.15) is 5.75 Å². The van der Waals surface area contributed by atoms with Crippen LogP contribution in [0.2, 0.25) is 0 Å². The van der Waals surface area contributed by atoms with E-state index in [9.17, 15) is 4.79 Å². The number of carbonyl (C=O) groups is 1. The fourth-order valence-corrected chi connectivity index (χ4v) is 3.15. The minimum atomic E-state index is -0.107. The molecule has 1 aromatic carbocycles. The van der Waals surface area contributed by atoms with E-state index < -0.39 is 0 Å². The third-order valence-electron chi connectivity index (χ3n) is 4.69. The number of ether oxygens (including phenoxy) is 1. The Morgan fingerprint density at radius 2 is 1.92 bits per heavy atom. The highest BCUT2D eigenvalue weighted by Crippen LogP contribution is 2.20. The van der Waals surface area contributed by atoms with Crippen molar-refractivity contribution >= 4 is 11.7 Å². The first-order chi connectivity index (χ1) is 12.7. The van der Waals surface area contributed by atoms with E-state index in [1.165, 1.54) is 0 Å². The fraction of sp³-hybridized carbons (Fsp3) is 0.400. The summed E-state index contributed by atoms with van der Waals surface area (Å²) in [5.41, 5.74) is 2.03. The van der Waals surface area contributed by atoms with Crippen LogP contribution in [0.4, 0.5) is 10.5 Å². The molecule has 6 heteroatoms. The Kier molecular flexibility index (Phi) is 5.94. The van der Waals surface area contributed by atoms with Gasteiger partial charge in [0.05, 0.1) is 18.8 Å². The largest absolute Gasteiger partial charge is 0.497 e. The molecule has 3 rings (SSSR count). The number of benzene rings is 1. The van der Waals surface area contributed by atoms with Crippen molar-refractivity contribution in [2.45, 2.75) is 19.4 Å². The molecule has 0 radical (unpaired) electrons. The second-order valence-corrected chi connectivity index (χ2v) is 6.45. The van der Waals surface area contributed by atoms with Crippen molar-refractivity contribution in [1.29, 1.82) is 0 Å². The maximum atomic E-state index is 12.6. The SMILES string of the molecule is COc1ccc(N2CCCN(C(=O)NC(C)c3ccccn3)CC2)cc1. The van der Waals surface area contributed by atoms with E-state index in [4.69, 9.17) is 4.74 Å². The molecule has 6 nitrogen and oxygen atoms in total. The number of hydrogen-bond acceptors (Lipinski definition) is 4. The Labute approximate surface area is 154 Å². The number of carbonyl (C=O) groups excluding carboxylic acids is 1.